The van der Waals surface area contributed by atoms with E-state index in [4.69, 9.17) is 4.74 Å². The van der Waals surface area contributed by atoms with E-state index in [1.807, 2.05) is 18.7 Å². The fourth-order valence-electron chi connectivity index (χ4n) is 2.72. The Morgan fingerprint density at radius 1 is 1.60 bits per heavy atom. The zero-order valence-electron chi connectivity index (χ0n) is 9.58. The molecule has 2 heterocycles. The Labute approximate surface area is 96.8 Å². The zero-order chi connectivity index (χ0) is 10.7. The first-order valence-electron chi connectivity index (χ1n) is 6.10. The van der Waals surface area contributed by atoms with Crippen molar-refractivity contribution >= 4 is 11.8 Å². The molecule has 0 amide bonds. The van der Waals surface area contributed by atoms with Gasteiger partial charge in [-0.05, 0) is 50.7 Å². The van der Waals surface area contributed by atoms with Crippen LogP contribution in [0.15, 0.2) is 0 Å². The number of rotatable bonds is 3. The van der Waals surface area contributed by atoms with Gasteiger partial charge in [0.1, 0.15) is 0 Å². The van der Waals surface area contributed by atoms with Gasteiger partial charge in [0.2, 0.25) is 0 Å². The SMILES string of the molecule is CC(O)CCC1CCOC2(CCSC2)C1. The molecule has 2 saturated heterocycles. The summed E-state index contributed by atoms with van der Waals surface area (Å²) in [6.07, 6.45) is 5.65. The van der Waals surface area contributed by atoms with Crippen molar-refractivity contribution < 1.29 is 9.84 Å². The predicted molar refractivity (Wildman–Crippen MR) is 64.3 cm³/mol. The van der Waals surface area contributed by atoms with E-state index >= 15 is 0 Å². The largest absolute Gasteiger partial charge is 0.393 e. The molecule has 0 saturated carbocycles. The molecule has 2 fully saturated rings. The Balaban J connectivity index is 1.81. The van der Waals surface area contributed by atoms with E-state index in [1.165, 1.54) is 37.2 Å². The summed E-state index contributed by atoms with van der Waals surface area (Å²) >= 11 is 2.03. The second-order valence-electron chi connectivity index (χ2n) is 5.12. The smallest absolute Gasteiger partial charge is 0.0783 e. The Morgan fingerprint density at radius 2 is 2.47 bits per heavy atom. The Bertz CT molecular complexity index is 200. The van der Waals surface area contributed by atoms with Crippen LogP contribution in [0, 0.1) is 5.92 Å². The zero-order valence-corrected chi connectivity index (χ0v) is 10.4. The average molecular weight is 230 g/mol. The highest BCUT2D eigenvalue weighted by atomic mass is 32.2. The van der Waals surface area contributed by atoms with Gasteiger partial charge in [0.15, 0.2) is 0 Å². The van der Waals surface area contributed by atoms with Crippen LogP contribution in [0.25, 0.3) is 0 Å². The molecule has 0 aromatic heterocycles. The third kappa shape index (κ3) is 3.11. The van der Waals surface area contributed by atoms with Gasteiger partial charge in [0.05, 0.1) is 11.7 Å². The lowest BCUT2D eigenvalue weighted by molar-refractivity contribution is -0.0817. The van der Waals surface area contributed by atoms with Gasteiger partial charge >= 0.3 is 0 Å². The highest BCUT2D eigenvalue weighted by Crippen LogP contribution is 2.41. The summed E-state index contributed by atoms with van der Waals surface area (Å²) in [7, 11) is 0. The van der Waals surface area contributed by atoms with Crippen molar-refractivity contribution in [3.05, 3.63) is 0 Å². The van der Waals surface area contributed by atoms with Gasteiger partial charge in [-0.3, -0.25) is 0 Å². The van der Waals surface area contributed by atoms with E-state index in [2.05, 4.69) is 0 Å². The average Bonchev–Trinajstić information content (AvgIpc) is 2.63. The summed E-state index contributed by atoms with van der Waals surface area (Å²) in [6.45, 7) is 2.82. The van der Waals surface area contributed by atoms with E-state index in [9.17, 15) is 5.11 Å². The molecule has 0 aliphatic carbocycles. The topological polar surface area (TPSA) is 29.5 Å². The van der Waals surface area contributed by atoms with Gasteiger partial charge in [-0.15, -0.1) is 0 Å². The van der Waals surface area contributed by atoms with Crippen LogP contribution in [0.4, 0.5) is 0 Å². The first kappa shape index (κ1) is 11.7. The van der Waals surface area contributed by atoms with Crippen LogP contribution in [0.3, 0.4) is 0 Å². The summed E-state index contributed by atoms with van der Waals surface area (Å²) in [4.78, 5) is 0. The number of hydrogen-bond acceptors (Lipinski definition) is 3. The molecule has 15 heavy (non-hydrogen) atoms. The molecule has 1 N–H and O–H groups in total. The normalized spacial score (nSPS) is 38.4. The van der Waals surface area contributed by atoms with Crippen LogP contribution in [0.2, 0.25) is 0 Å². The maximum Gasteiger partial charge on any atom is 0.0783 e. The molecular formula is C12H22O2S. The minimum Gasteiger partial charge on any atom is -0.393 e. The molecule has 0 aromatic carbocycles. The summed E-state index contributed by atoms with van der Waals surface area (Å²) < 4.78 is 5.98. The highest BCUT2D eigenvalue weighted by Gasteiger charge is 2.40. The van der Waals surface area contributed by atoms with E-state index in [1.54, 1.807) is 0 Å². The van der Waals surface area contributed by atoms with Crippen molar-refractivity contribution in [2.24, 2.45) is 5.92 Å². The fourth-order valence-corrected chi connectivity index (χ4v) is 4.09. The van der Waals surface area contributed by atoms with Gasteiger partial charge in [-0.2, -0.15) is 11.8 Å². The van der Waals surface area contributed by atoms with Gasteiger partial charge in [0, 0.05) is 12.4 Å². The fraction of sp³-hybridized carbons (Fsp3) is 1.00. The van der Waals surface area contributed by atoms with Crippen LogP contribution >= 0.6 is 11.8 Å². The second-order valence-corrected chi connectivity index (χ2v) is 6.22. The van der Waals surface area contributed by atoms with Crippen LogP contribution in [0.5, 0.6) is 0 Å². The molecule has 2 nitrogen and oxygen atoms in total. The molecule has 88 valence electrons. The first-order chi connectivity index (χ1) is 7.20. The third-order valence-electron chi connectivity index (χ3n) is 3.65. The van der Waals surface area contributed by atoms with Crippen molar-refractivity contribution in [3.8, 4) is 0 Å². The third-order valence-corrected chi connectivity index (χ3v) is 4.88. The summed E-state index contributed by atoms with van der Waals surface area (Å²) in [5, 5.41) is 9.30. The molecule has 1 spiro atoms. The molecule has 3 heteroatoms. The summed E-state index contributed by atoms with van der Waals surface area (Å²) in [6, 6.07) is 0. The lowest BCUT2D eigenvalue weighted by atomic mass is 9.82. The lowest BCUT2D eigenvalue weighted by Gasteiger charge is -2.38. The molecule has 0 radical (unpaired) electrons. The number of ether oxygens (including phenoxy) is 1. The second kappa shape index (κ2) is 5.07. The standard InChI is InChI=1S/C12H22O2S/c1-10(13)2-3-11-4-6-14-12(8-11)5-7-15-9-12/h10-11,13H,2-9H2,1H3. The van der Waals surface area contributed by atoms with Crippen LogP contribution in [-0.4, -0.2) is 34.9 Å². The molecular weight excluding hydrogens is 208 g/mol. The molecule has 0 bridgehead atoms. The Morgan fingerprint density at radius 3 is 3.13 bits per heavy atom. The predicted octanol–water partition coefficient (Wildman–Crippen LogP) is 2.45. The molecule has 3 unspecified atom stereocenters. The molecule has 2 aliphatic heterocycles. The minimum absolute atomic E-state index is 0.137. The number of thioether (sulfide) groups is 1. The van der Waals surface area contributed by atoms with Crippen molar-refractivity contribution in [2.45, 2.75) is 50.7 Å². The maximum absolute atomic E-state index is 9.30. The number of aliphatic hydroxyl groups is 1. The van der Waals surface area contributed by atoms with Gasteiger partial charge in [0.25, 0.3) is 0 Å². The Hall–Kier alpha value is 0.270. The van der Waals surface area contributed by atoms with Gasteiger partial charge < -0.3 is 9.84 Å². The van der Waals surface area contributed by atoms with E-state index in [0.29, 0.717) is 0 Å². The van der Waals surface area contributed by atoms with E-state index < -0.39 is 0 Å². The van der Waals surface area contributed by atoms with Crippen molar-refractivity contribution in [1.82, 2.24) is 0 Å². The summed E-state index contributed by atoms with van der Waals surface area (Å²) in [5.74, 6) is 3.24. The van der Waals surface area contributed by atoms with E-state index in [0.717, 1.165) is 18.9 Å². The van der Waals surface area contributed by atoms with Crippen molar-refractivity contribution in [2.75, 3.05) is 18.1 Å². The minimum atomic E-state index is -0.137. The first-order valence-corrected chi connectivity index (χ1v) is 7.25. The number of hydrogen-bond donors (Lipinski definition) is 1. The van der Waals surface area contributed by atoms with Crippen molar-refractivity contribution in [1.29, 1.82) is 0 Å². The van der Waals surface area contributed by atoms with Crippen LogP contribution in [0.1, 0.15) is 39.0 Å². The monoisotopic (exact) mass is 230 g/mol. The molecule has 2 aliphatic rings. The lowest BCUT2D eigenvalue weighted by Crippen LogP contribution is -2.39. The number of aliphatic hydroxyl groups excluding tert-OH is 1. The molecule has 0 aromatic rings. The molecule has 2 rings (SSSR count). The van der Waals surface area contributed by atoms with Crippen LogP contribution in [-0.2, 0) is 4.74 Å². The maximum atomic E-state index is 9.30. The molecule has 3 atom stereocenters. The van der Waals surface area contributed by atoms with Gasteiger partial charge in [-0.1, -0.05) is 0 Å². The highest BCUT2D eigenvalue weighted by molar-refractivity contribution is 7.99. The van der Waals surface area contributed by atoms with Crippen LogP contribution < -0.4 is 0 Å². The van der Waals surface area contributed by atoms with Gasteiger partial charge in [-0.25, -0.2) is 0 Å². The van der Waals surface area contributed by atoms with E-state index in [-0.39, 0.29) is 11.7 Å². The van der Waals surface area contributed by atoms with Crippen molar-refractivity contribution in [3.63, 3.8) is 0 Å². The Kier molecular flexibility index (Phi) is 3.97. The quantitative estimate of drug-likeness (QED) is 0.807. The summed E-state index contributed by atoms with van der Waals surface area (Å²) in [5.41, 5.74) is 0.215.